The van der Waals surface area contributed by atoms with Crippen molar-refractivity contribution in [3.05, 3.63) is 18.0 Å². The van der Waals surface area contributed by atoms with Gasteiger partial charge in [-0.3, -0.25) is 0 Å². The highest BCUT2D eigenvalue weighted by atomic mass is 32.2. The highest BCUT2D eigenvalue weighted by Gasteiger charge is 2.31. The van der Waals surface area contributed by atoms with Crippen molar-refractivity contribution in [2.75, 3.05) is 30.5 Å². The fourth-order valence-corrected chi connectivity index (χ4v) is 4.10. The normalized spacial score (nSPS) is 21.9. The Kier molecular flexibility index (Phi) is 2.74. The summed E-state index contributed by atoms with van der Waals surface area (Å²) in [5.74, 6) is 1.99. The summed E-state index contributed by atoms with van der Waals surface area (Å²) in [6.45, 7) is 0. The zero-order valence-electron chi connectivity index (χ0n) is 10.9. The van der Waals surface area contributed by atoms with E-state index in [9.17, 15) is 8.42 Å². The van der Waals surface area contributed by atoms with E-state index in [1.54, 1.807) is 0 Å². The number of sulfone groups is 1. The molecule has 19 heavy (non-hydrogen) atoms. The topological polar surface area (TPSA) is 79.0 Å². The predicted molar refractivity (Wildman–Crippen MR) is 74.2 cm³/mol. The lowest BCUT2D eigenvalue weighted by atomic mass is 10.1. The van der Waals surface area contributed by atoms with Crippen molar-refractivity contribution in [2.45, 2.75) is 12.3 Å². The van der Waals surface area contributed by atoms with Crippen molar-refractivity contribution in [3.63, 3.8) is 0 Å². The van der Waals surface area contributed by atoms with Gasteiger partial charge in [0.1, 0.15) is 11.6 Å². The van der Waals surface area contributed by atoms with Crippen molar-refractivity contribution >= 4 is 26.8 Å². The van der Waals surface area contributed by atoms with E-state index < -0.39 is 9.84 Å². The zero-order valence-corrected chi connectivity index (χ0v) is 11.7. The maximum absolute atomic E-state index is 11.5. The first-order valence-electron chi connectivity index (χ1n) is 6.19. The molecular weight excluding hydrogens is 264 g/mol. The number of fused-ring (bicyclic) bond motifs is 1. The maximum atomic E-state index is 11.5. The lowest BCUT2D eigenvalue weighted by molar-refractivity contribution is 0.601. The van der Waals surface area contributed by atoms with E-state index in [4.69, 9.17) is 0 Å². The number of aromatic amines is 1. The van der Waals surface area contributed by atoms with Crippen molar-refractivity contribution in [1.29, 1.82) is 0 Å². The summed E-state index contributed by atoms with van der Waals surface area (Å²) in [5.41, 5.74) is 1.50. The molecule has 2 aromatic rings. The summed E-state index contributed by atoms with van der Waals surface area (Å²) in [6, 6.07) is 3.84. The van der Waals surface area contributed by atoms with Crippen LogP contribution in [0.4, 0.5) is 5.82 Å². The third-order valence-corrected chi connectivity index (χ3v) is 5.19. The van der Waals surface area contributed by atoms with Crippen LogP contribution in [0.15, 0.2) is 12.1 Å². The smallest absolute Gasteiger partial charge is 0.179 e. The van der Waals surface area contributed by atoms with E-state index >= 15 is 0 Å². The summed E-state index contributed by atoms with van der Waals surface area (Å²) in [4.78, 5) is 14.0. The molecule has 1 fully saturated rings. The van der Waals surface area contributed by atoms with Crippen molar-refractivity contribution in [2.24, 2.45) is 0 Å². The standard InChI is InChI=1S/C12H16N4O2S/c1-16(2)10-4-3-9-12(14-10)15-11(13-9)8-5-6-19(17,18)7-8/h3-4,8H,5-7H2,1-2H3,(H,13,14,15). The molecule has 3 heterocycles. The van der Waals surface area contributed by atoms with Gasteiger partial charge in [-0.05, 0) is 18.6 Å². The van der Waals surface area contributed by atoms with Crippen LogP contribution < -0.4 is 4.90 Å². The Balaban J connectivity index is 1.98. The van der Waals surface area contributed by atoms with Gasteiger partial charge < -0.3 is 9.88 Å². The predicted octanol–water partition coefficient (Wildman–Crippen LogP) is 0.926. The van der Waals surface area contributed by atoms with E-state index in [-0.39, 0.29) is 17.4 Å². The average molecular weight is 280 g/mol. The number of rotatable bonds is 2. The van der Waals surface area contributed by atoms with Crippen molar-refractivity contribution in [3.8, 4) is 0 Å². The molecule has 0 bridgehead atoms. The van der Waals surface area contributed by atoms with Gasteiger partial charge in [0, 0.05) is 20.0 Å². The minimum atomic E-state index is -2.89. The molecule has 1 aliphatic rings. The first-order chi connectivity index (χ1) is 8.94. The van der Waals surface area contributed by atoms with Gasteiger partial charge in [-0.1, -0.05) is 0 Å². The molecule has 0 radical (unpaired) electrons. The highest BCUT2D eigenvalue weighted by molar-refractivity contribution is 7.91. The third kappa shape index (κ3) is 2.30. The van der Waals surface area contributed by atoms with Crippen LogP contribution in [0.1, 0.15) is 18.2 Å². The van der Waals surface area contributed by atoms with Gasteiger partial charge in [0.15, 0.2) is 15.5 Å². The minimum Gasteiger partial charge on any atom is -0.363 e. The second-order valence-electron chi connectivity index (χ2n) is 5.16. The lowest BCUT2D eigenvalue weighted by Gasteiger charge is -2.09. The van der Waals surface area contributed by atoms with Gasteiger partial charge in [0.25, 0.3) is 0 Å². The molecular formula is C12H16N4O2S. The van der Waals surface area contributed by atoms with Crippen LogP contribution in [0.3, 0.4) is 0 Å². The third-order valence-electron chi connectivity index (χ3n) is 3.43. The Hall–Kier alpha value is -1.63. The quantitative estimate of drug-likeness (QED) is 0.885. The van der Waals surface area contributed by atoms with E-state index in [2.05, 4.69) is 15.0 Å². The summed E-state index contributed by atoms with van der Waals surface area (Å²) in [7, 11) is 0.953. The highest BCUT2D eigenvalue weighted by Crippen LogP contribution is 2.28. The van der Waals surface area contributed by atoms with Gasteiger partial charge in [-0.2, -0.15) is 0 Å². The van der Waals surface area contributed by atoms with E-state index in [0.29, 0.717) is 12.1 Å². The number of hydrogen-bond donors (Lipinski definition) is 1. The number of H-pyrrole nitrogens is 1. The molecule has 0 saturated carbocycles. The minimum absolute atomic E-state index is 0.0259. The second kappa shape index (κ2) is 4.19. The van der Waals surface area contributed by atoms with Crippen LogP contribution in [0.2, 0.25) is 0 Å². The number of pyridine rings is 1. The van der Waals surface area contributed by atoms with Crippen molar-refractivity contribution in [1.82, 2.24) is 15.0 Å². The Morgan fingerprint density at radius 2 is 2.11 bits per heavy atom. The first kappa shape index (κ1) is 12.4. The van der Waals surface area contributed by atoms with Gasteiger partial charge in [-0.25, -0.2) is 18.4 Å². The fourth-order valence-electron chi connectivity index (χ4n) is 2.35. The summed E-state index contributed by atoms with van der Waals surface area (Å²) < 4.78 is 23.0. The molecule has 1 saturated heterocycles. The molecule has 0 aromatic carbocycles. The number of aromatic nitrogens is 3. The Morgan fingerprint density at radius 3 is 2.74 bits per heavy atom. The molecule has 6 nitrogen and oxygen atoms in total. The molecule has 1 N–H and O–H groups in total. The number of imidazole rings is 1. The number of anilines is 1. The van der Waals surface area contributed by atoms with E-state index in [0.717, 1.165) is 17.2 Å². The molecule has 0 spiro atoms. The van der Waals surface area contributed by atoms with Crippen LogP contribution in [0, 0.1) is 0 Å². The summed E-state index contributed by atoms with van der Waals surface area (Å²) in [5, 5.41) is 0. The molecule has 1 atom stereocenters. The van der Waals surface area contributed by atoms with Crippen LogP contribution in [0.5, 0.6) is 0 Å². The van der Waals surface area contributed by atoms with Gasteiger partial charge in [-0.15, -0.1) is 0 Å². The van der Waals surface area contributed by atoms with Crippen molar-refractivity contribution < 1.29 is 8.42 Å². The van der Waals surface area contributed by atoms with E-state index in [1.807, 2.05) is 31.1 Å². The first-order valence-corrected chi connectivity index (χ1v) is 8.01. The summed E-state index contributed by atoms with van der Waals surface area (Å²) >= 11 is 0. The molecule has 102 valence electrons. The Bertz CT molecular complexity index is 720. The van der Waals surface area contributed by atoms with Crippen LogP contribution in [0.25, 0.3) is 11.2 Å². The number of hydrogen-bond acceptors (Lipinski definition) is 5. The zero-order chi connectivity index (χ0) is 13.6. The fraction of sp³-hybridized carbons (Fsp3) is 0.500. The van der Waals surface area contributed by atoms with Crippen LogP contribution in [-0.4, -0.2) is 49.0 Å². The van der Waals surface area contributed by atoms with Gasteiger partial charge in [0.05, 0.1) is 17.0 Å². The number of nitrogens with one attached hydrogen (secondary N) is 1. The maximum Gasteiger partial charge on any atom is 0.179 e. The molecule has 1 unspecified atom stereocenters. The molecule has 7 heteroatoms. The monoisotopic (exact) mass is 280 g/mol. The lowest BCUT2D eigenvalue weighted by Crippen LogP contribution is -2.10. The van der Waals surface area contributed by atoms with Gasteiger partial charge in [0.2, 0.25) is 0 Å². The van der Waals surface area contributed by atoms with Gasteiger partial charge >= 0.3 is 0 Å². The molecule has 0 amide bonds. The van der Waals surface area contributed by atoms with E-state index in [1.165, 1.54) is 0 Å². The summed E-state index contributed by atoms with van der Waals surface area (Å²) in [6.07, 6.45) is 0.642. The van der Waals surface area contributed by atoms with Crippen LogP contribution in [-0.2, 0) is 9.84 Å². The molecule has 3 rings (SSSR count). The van der Waals surface area contributed by atoms with Crippen LogP contribution >= 0.6 is 0 Å². The Labute approximate surface area is 111 Å². The second-order valence-corrected chi connectivity index (χ2v) is 7.39. The SMILES string of the molecule is CN(C)c1ccc2[nH]c(C3CCS(=O)(=O)C3)nc2n1. The molecule has 1 aliphatic heterocycles. The molecule has 2 aromatic heterocycles. The average Bonchev–Trinajstić information content (AvgIpc) is 2.90. The largest absolute Gasteiger partial charge is 0.363 e. The molecule has 0 aliphatic carbocycles. The Morgan fingerprint density at radius 1 is 1.32 bits per heavy atom. The number of nitrogens with zero attached hydrogens (tertiary/aromatic N) is 3.